The molecule has 4 aliphatic carbocycles. The Morgan fingerprint density at radius 1 is 0.419 bits per heavy atom. The van der Waals surface area contributed by atoms with Gasteiger partial charge in [-0.2, -0.15) is 0 Å². The Labute approximate surface area is 366 Å². The van der Waals surface area contributed by atoms with Gasteiger partial charge in [-0.25, -0.2) is 0 Å². The van der Waals surface area contributed by atoms with Crippen molar-refractivity contribution in [3.63, 3.8) is 0 Å². The first kappa shape index (κ1) is 36.9. The SMILES string of the molecule is Cc1ccccc1-c1ccc(N(c2ccc(-c3ccc4c(c3)-c3ccccc3C4(C)C)cc2)c2ccc3c(c2)C2(C4=C(CCCC=C4)c4ccccc42)c2ccccc2-3)cc1C. The summed E-state index contributed by atoms with van der Waals surface area (Å²) in [5.74, 6) is 0. The fourth-order valence-electron chi connectivity index (χ4n) is 11.8. The molecule has 62 heavy (non-hydrogen) atoms. The van der Waals surface area contributed by atoms with Crippen molar-refractivity contribution in [3.8, 4) is 44.5 Å². The number of aryl methyl sites for hydroxylation is 2. The number of rotatable bonds is 5. The Balaban J connectivity index is 1.03. The topological polar surface area (TPSA) is 3.24 Å². The summed E-state index contributed by atoms with van der Waals surface area (Å²) in [6, 6.07) is 66.7. The minimum atomic E-state index is -0.379. The van der Waals surface area contributed by atoms with E-state index in [9.17, 15) is 0 Å². The van der Waals surface area contributed by atoms with E-state index < -0.39 is 0 Å². The summed E-state index contributed by atoms with van der Waals surface area (Å²) in [5, 5.41) is 0. The van der Waals surface area contributed by atoms with E-state index in [1.807, 2.05) is 0 Å². The highest BCUT2D eigenvalue weighted by Crippen LogP contribution is 2.63. The van der Waals surface area contributed by atoms with Gasteiger partial charge in [-0.3, -0.25) is 0 Å². The molecule has 1 unspecified atom stereocenters. The normalized spacial score (nSPS) is 17.2. The molecule has 4 aliphatic rings. The Bertz CT molecular complexity index is 3210. The van der Waals surface area contributed by atoms with Crippen LogP contribution in [0.25, 0.3) is 50.1 Å². The maximum atomic E-state index is 2.53. The molecule has 0 saturated carbocycles. The van der Waals surface area contributed by atoms with Crippen LogP contribution in [0.2, 0.25) is 0 Å². The first-order valence-corrected chi connectivity index (χ1v) is 22.4. The van der Waals surface area contributed by atoms with Crippen molar-refractivity contribution in [2.75, 3.05) is 4.90 Å². The van der Waals surface area contributed by atoms with E-state index in [0.29, 0.717) is 0 Å². The van der Waals surface area contributed by atoms with Crippen LogP contribution < -0.4 is 4.90 Å². The van der Waals surface area contributed by atoms with Gasteiger partial charge in [0.2, 0.25) is 0 Å². The van der Waals surface area contributed by atoms with Crippen LogP contribution in [0.15, 0.2) is 194 Å². The average molecular weight is 796 g/mol. The Hall–Kier alpha value is -6.96. The van der Waals surface area contributed by atoms with Gasteiger partial charge in [0.25, 0.3) is 0 Å². The van der Waals surface area contributed by atoms with Crippen molar-refractivity contribution in [2.24, 2.45) is 0 Å². The first-order chi connectivity index (χ1) is 30.3. The molecule has 0 saturated heterocycles. The summed E-state index contributed by atoms with van der Waals surface area (Å²) in [6.45, 7) is 9.17. The quantitative estimate of drug-likeness (QED) is 0.168. The van der Waals surface area contributed by atoms with Gasteiger partial charge in [-0.05, 0) is 176 Å². The third kappa shape index (κ3) is 5.21. The number of hydrogen-bond donors (Lipinski definition) is 0. The summed E-state index contributed by atoms with van der Waals surface area (Å²) >= 11 is 0. The highest BCUT2D eigenvalue weighted by Gasteiger charge is 2.52. The molecule has 0 bridgehead atoms. The minimum Gasteiger partial charge on any atom is -0.310 e. The van der Waals surface area contributed by atoms with Crippen LogP contribution in [0.3, 0.4) is 0 Å². The van der Waals surface area contributed by atoms with E-state index in [0.717, 1.165) is 29.9 Å². The van der Waals surface area contributed by atoms with E-state index in [1.165, 1.54) is 107 Å². The molecular weight excluding hydrogens is 747 g/mol. The average Bonchev–Trinajstić information content (AvgIpc) is 3.72. The maximum Gasteiger partial charge on any atom is 0.0722 e. The smallest absolute Gasteiger partial charge is 0.0722 e. The molecule has 0 N–H and O–H groups in total. The number of hydrogen-bond acceptors (Lipinski definition) is 1. The lowest BCUT2D eigenvalue weighted by Gasteiger charge is -2.33. The molecule has 0 fully saturated rings. The van der Waals surface area contributed by atoms with E-state index >= 15 is 0 Å². The molecule has 8 aromatic carbocycles. The van der Waals surface area contributed by atoms with Gasteiger partial charge in [0.1, 0.15) is 0 Å². The summed E-state index contributed by atoms with van der Waals surface area (Å²) < 4.78 is 0. The molecule has 0 radical (unpaired) electrons. The third-order valence-electron chi connectivity index (χ3n) is 14.7. The van der Waals surface area contributed by atoms with Gasteiger partial charge in [0.15, 0.2) is 0 Å². The van der Waals surface area contributed by atoms with Crippen molar-refractivity contribution in [3.05, 3.63) is 238 Å². The fourth-order valence-corrected chi connectivity index (χ4v) is 11.8. The fraction of sp³-hybridized carbons (Fsp3) is 0.148. The Morgan fingerprint density at radius 2 is 0.968 bits per heavy atom. The third-order valence-corrected chi connectivity index (χ3v) is 14.7. The molecule has 8 aromatic rings. The van der Waals surface area contributed by atoms with Crippen molar-refractivity contribution in [2.45, 2.75) is 57.8 Å². The molecule has 1 nitrogen and oxygen atoms in total. The van der Waals surface area contributed by atoms with Crippen LogP contribution in [-0.2, 0) is 10.8 Å². The highest BCUT2D eigenvalue weighted by molar-refractivity contribution is 5.97. The lowest BCUT2D eigenvalue weighted by Crippen LogP contribution is -2.27. The van der Waals surface area contributed by atoms with Gasteiger partial charge in [0.05, 0.1) is 5.41 Å². The van der Waals surface area contributed by atoms with Crippen LogP contribution in [0.1, 0.15) is 77.6 Å². The van der Waals surface area contributed by atoms with Gasteiger partial charge in [-0.15, -0.1) is 0 Å². The van der Waals surface area contributed by atoms with Crippen molar-refractivity contribution < 1.29 is 0 Å². The van der Waals surface area contributed by atoms with Crippen molar-refractivity contribution in [1.29, 1.82) is 0 Å². The highest BCUT2D eigenvalue weighted by atomic mass is 15.1. The number of anilines is 3. The largest absolute Gasteiger partial charge is 0.310 e. The van der Waals surface area contributed by atoms with Crippen molar-refractivity contribution >= 4 is 22.6 Å². The second-order valence-corrected chi connectivity index (χ2v) is 18.4. The second-order valence-electron chi connectivity index (χ2n) is 18.4. The van der Waals surface area contributed by atoms with Crippen LogP contribution in [-0.4, -0.2) is 0 Å². The Kier molecular flexibility index (Phi) is 8.19. The number of allylic oxidation sites excluding steroid dienone is 4. The van der Waals surface area contributed by atoms with Gasteiger partial charge in [0, 0.05) is 22.5 Å². The number of fused-ring (bicyclic) bond motifs is 12. The zero-order valence-corrected chi connectivity index (χ0v) is 36.0. The molecule has 0 amide bonds. The summed E-state index contributed by atoms with van der Waals surface area (Å²) in [4.78, 5) is 2.48. The van der Waals surface area contributed by atoms with Crippen LogP contribution in [0.5, 0.6) is 0 Å². The van der Waals surface area contributed by atoms with E-state index in [-0.39, 0.29) is 10.8 Å². The Morgan fingerprint density at radius 3 is 1.71 bits per heavy atom. The van der Waals surface area contributed by atoms with Crippen LogP contribution in [0.4, 0.5) is 17.1 Å². The maximum absolute atomic E-state index is 2.53. The monoisotopic (exact) mass is 795 g/mol. The number of nitrogens with zero attached hydrogens (tertiary/aromatic N) is 1. The molecule has 1 atom stereocenters. The van der Waals surface area contributed by atoms with E-state index in [4.69, 9.17) is 0 Å². The number of benzene rings is 8. The molecule has 1 heteroatoms. The van der Waals surface area contributed by atoms with Crippen LogP contribution >= 0.6 is 0 Å². The predicted octanol–water partition coefficient (Wildman–Crippen LogP) is 16.2. The van der Waals surface area contributed by atoms with E-state index in [2.05, 4.69) is 221 Å². The molecule has 0 aliphatic heterocycles. The molecule has 1 spiro atoms. The molecule has 0 heterocycles. The molecule has 0 aromatic heterocycles. The van der Waals surface area contributed by atoms with Gasteiger partial charge < -0.3 is 4.90 Å². The summed E-state index contributed by atoms with van der Waals surface area (Å²) in [7, 11) is 0. The summed E-state index contributed by atoms with van der Waals surface area (Å²) in [6.07, 6.45) is 8.28. The molecule has 298 valence electrons. The lowest BCUT2D eigenvalue weighted by atomic mass is 9.69. The lowest BCUT2D eigenvalue weighted by molar-refractivity contribution is 0.660. The molecular formula is C61H49N. The summed E-state index contributed by atoms with van der Waals surface area (Å²) in [5.41, 5.74) is 27.3. The zero-order valence-electron chi connectivity index (χ0n) is 36.0. The molecule has 12 rings (SSSR count). The zero-order chi connectivity index (χ0) is 41.7. The van der Waals surface area contributed by atoms with Crippen molar-refractivity contribution in [1.82, 2.24) is 0 Å². The standard InChI is InChI=1S/C61H49N/c1-39-16-8-9-17-46(39)47-33-31-44(36-40(47)2)62(43-29-26-41(27-30-43)42-28-35-55-53(37-42)51-21-10-13-22-54(51)60(55,3)4)45-32-34-52-50-20-12-15-25-58(50)61(59(52)38-45)56-23-7-5-6-18-48(56)49-19-11-14-24-57(49)61/h7-17,19-38H,5-6,18H2,1-4H3. The minimum absolute atomic E-state index is 0.0112. The van der Waals surface area contributed by atoms with Gasteiger partial charge in [-0.1, -0.05) is 159 Å². The van der Waals surface area contributed by atoms with Gasteiger partial charge >= 0.3 is 0 Å². The van der Waals surface area contributed by atoms with Crippen LogP contribution in [0, 0.1) is 13.8 Å². The second kappa shape index (κ2) is 13.8. The predicted molar refractivity (Wildman–Crippen MR) is 261 cm³/mol. The first-order valence-electron chi connectivity index (χ1n) is 22.4. The van der Waals surface area contributed by atoms with E-state index in [1.54, 1.807) is 0 Å².